The average Bonchev–Trinajstić information content (AvgIpc) is 3.12. The third kappa shape index (κ3) is 3.64. The molecule has 0 radical (unpaired) electrons. The van der Waals surface area contributed by atoms with E-state index in [1.165, 1.54) is 0 Å². The Morgan fingerprint density at radius 3 is 2.77 bits per heavy atom. The SMILES string of the molecule is CCOC(=O)[C@@H]1C(=O)N(CCC(C)C)c2nc3ccccc3n2[C@@H]1[C@@H]1CC=CCC1. The van der Waals surface area contributed by atoms with E-state index in [9.17, 15) is 9.59 Å². The minimum Gasteiger partial charge on any atom is -0.465 e. The second kappa shape index (κ2) is 8.62. The Balaban J connectivity index is 1.89. The first kappa shape index (κ1) is 20.6. The summed E-state index contributed by atoms with van der Waals surface area (Å²) in [5, 5.41) is 0. The van der Waals surface area contributed by atoms with Gasteiger partial charge in [-0.15, -0.1) is 0 Å². The molecule has 6 heteroatoms. The molecule has 0 N–H and O–H groups in total. The summed E-state index contributed by atoms with van der Waals surface area (Å²) in [5.41, 5.74) is 1.83. The maximum atomic E-state index is 13.7. The lowest BCUT2D eigenvalue weighted by molar-refractivity contribution is -0.155. The Hall–Kier alpha value is -2.63. The number of nitrogens with zero attached hydrogens (tertiary/aromatic N) is 3. The Bertz CT molecular complexity index is 962. The van der Waals surface area contributed by atoms with Gasteiger partial charge in [-0.1, -0.05) is 38.1 Å². The van der Waals surface area contributed by atoms with E-state index < -0.39 is 11.9 Å². The van der Waals surface area contributed by atoms with Gasteiger partial charge < -0.3 is 9.30 Å². The van der Waals surface area contributed by atoms with Crippen molar-refractivity contribution >= 4 is 28.9 Å². The van der Waals surface area contributed by atoms with Gasteiger partial charge in [0.15, 0.2) is 5.92 Å². The number of rotatable bonds is 6. The molecule has 160 valence electrons. The van der Waals surface area contributed by atoms with Crippen molar-refractivity contribution < 1.29 is 14.3 Å². The Morgan fingerprint density at radius 2 is 2.07 bits per heavy atom. The van der Waals surface area contributed by atoms with Crippen LogP contribution in [-0.4, -0.2) is 34.6 Å². The van der Waals surface area contributed by atoms with Crippen LogP contribution in [0.1, 0.15) is 52.5 Å². The number of carbonyl (C=O) groups is 2. The van der Waals surface area contributed by atoms with E-state index in [0.29, 0.717) is 18.4 Å². The van der Waals surface area contributed by atoms with Crippen LogP contribution in [0.4, 0.5) is 5.95 Å². The fraction of sp³-hybridized carbons (Fsp3) is 0.542. The molecule has 0 fully saturated rings. The van der Waals surface area contributed by atoms with Crippen molar-refractivity contribution in [3.63, 3.8) is 0 Å². The standard InChI is InChI=1S/C24H31N3O3/c1-4-30-23(29)20-21(17-10-6-5-7-11-17)27-19-13-9-8-12-18(19)25-24(27)26(22(20)28)15-14-16(2)3/h5-6,8-9,12-13,16-17,20-21H,4,7,10-11,14-15H2,1-3H3/t17-,20+,21-/m1/s1. The van der Waals surface area contributed by atoms with Crippen LogP contribution in [-0.2, 0) is 14.3 Å². The molecule has 1 amide bonds. The first-order chi connectivity index (χ1) is 14.5. The monoisotopic (exact) mass is 409 g/mol. The fourth-order valence-corrected chi connectivity index (χ4v) is 4.76. The summed E-state index contributed by atoms with van der Waals surface area (Å²) in [6, 6.07) is 7.69. The highest BCUT2D eigenvalue weighted by Gasteiger charge is 2.49. The van der Waals surface area contributed by atoms with Gasteiger partial charge in [-0.3, -0.25) is 14.5 Å². The Morgan fingerprint density at radius 1 is 1.27 bits per heavy atom. The molecule has 2 aromatic rings. The van der Waals surface area contributed by atoms with E-state index >= 15 is 0 Å². The molecule has 2 aliphatic rings. The van der Waals surface area contributed by atoms with Crippen LogP contribution in [0.3, 0.4) is 0 Å². The average molecular weight is 410 g/mol. The van der Waals surface area contributed by atoms with Gasteiger partial charge >= 0.3 is 5.97 Å². The normalized spacial score (nSPS) is 23.8. The summed E-state index contributed by atoms with van der Waals surface area (Å²) in [6.07, 6.45) is 7.96. The molecule has 4 rings (SSSR count). The summed E-state index contributed by atoms with van der Waals surface area (Å²) < 4.78 is 7.57. The fourth-order valence-electron chi connectivity index (χ4n) is 4.76. The van der Waals surface area contributed by atoms with Crippen molar-refractivity contribution in [2.45, 2.75) is 52.5 Å². The molecular weight excluding hydrogens is 378 g/mol. The lowest BCUT2D eigenvalue weighted by atomic mass is 9.79. The number of imidazole rings is 1. The third-order valence-electron chi connectivity index (χ3n) is 6.25. The third-order valence-corrected chi connectivity index (χ3v) is 6.25. The van der Waals surface area contributed by atoms with Gasteiger partial charge in [0.1, 0.15) is 0 Å². The van der Waals surface area contributed by atoms with Gasteiger partial charge in [-0.05, 0) is 56.6 Å². The second-order valence-corrected chi connectivity index (χ2v) is 8.71. The van der Waals surface area contributed by atoms with Gasteiger partial charge in [0.05, 0.1) is 23.7 Å². The molecule has 1 aromatic carbocycles. The number of esters is 1. The van der Waals surface area contributed by atoms with Crippen LogP contribution in [0.2, 0.25) is 0 Å². The number of amides is 1. The van der Waals surface area contributed by atoms with Crippen LogP contribution in [0, 0.1) is 17.8 Å². The van der Waals surface area contributed by atoms with Gasteiger partial charge in [0.25, 0.3) is 0 Å². The highest BCUT2D eigenvalue weighted by Crippen LogP contribution is 2.44. The number of fused-ring (bicyclic) bond motifs is 3. The van der Waals surface area contributed by atoms with E-state index in [4.69, 9.17) is 9.72 Å². The van der Waals surface area contributed by atoms with Gasteiger partial charge in [0.2, 0.25) is 11.9 Å². The Kier molecular flexibility index (Phi) is 5.93. The number of benzene rings is 1. The lowest BCUT2D eigenvalue weighted by Gasteiger charge is -2.41. The maximum absolute atomic E-state index is 13.7. The molecule has 0 bridgehead atoms. The molecule has 1 aliphatic carbocycles. The highest BCUT2D eigenvalue weighted by molar-refractivity contribution is 6.08. The molecule has 2 heterocycles. The van der Waals surface area contributed by atoms with E-state index in [2.05, 4.69) is 30.6 Å². The largest absolute Gasteiger partial charge is 0.465 e. The second-order valence-electron chi connectivity index (χ2n) is 8.71. The van der Waals surface area contributed by atoms with Crippen LogP contribution >= 0.6 is 0 Å². The molecule has 3 atom stereocenters. The number of hydrogen-bond donors (Lipinski definition) is 0. The topological polar surface area (TPSA) is 64.4 Å². The van der Waals surface area contributed by atoms with Crippen LogP contribution in [0.15, 0.2) is 36.4 Å². The zero-order valence-corrected chi connectivity index (χ0v) is 18.1. The van der Waals surface area contributed by atoms with Gasteiger partial charge in [0, 0.05) is 6.54 Å². The zero-order valence-electron chi connectivity index (χ0n) is 18.1. The number of para-hydroxylation sites is 2. The maximum Gasteiger partial charge on any atom is 0.320 e. The van der Waals surface area contributed by atoms with Crippen LogP contribution in [0.5, 0.6) is 0 Å². The van der Waals surface area contributed by atoms with Gasteiger partial charge in [-0.25, -0.2) is 4.98 Å². The minimum absolute atomic E-state index is 0.170. The number of hydrogen-bond acceptors (Lipinski definition) is 4. The van der Waals surface area contributed by atoms with Crippen molar-refractivity contribution in [1.82, 2.24) is 9.55 Å². The van der Waals surface area contributed by atoms with Crippen molar-refractivity contribution in [3.8, 4) is 0 Å². The molecule has 30 heavy (non-hydrogen) atoms. The first-order valence-corrected chi connectivity index (χ1v) is 11.1. The number of aromatic nitrogens is 2. The lowest BCUT2D eigenvalue weighted by Crippen LogP contribution is -2.52. The summed E-state index contributed by atoms with van der Waals surface area (Å²) >= 11 is 0. The number of carbonyl (C=O) groups excluding carboxylic acids is 2. The number of allylic oxidation sites excluding steroid dienone is 2. The van der Waals surface area contributed by atoms with Crippen molar-refractivity contribution in [1.29, 1.82) is 0 Å². The molecule has 0 spiro atoms. The van der Waals surface area contributed by atoms with E-state index in [1.54, 1.807) is 11.8 Å². The summed E-state index contributed by atoms with van der Waals surface area (Å²) in [6.45, 7) is 6.88. The molecule has 1 aromatic heterocycles. The predicted molar refractivity (Wildman–Crippen MR) is 117 cm³/mol. The van der Waals surface area contributed by atoms with Crippen LogP contribution < -0.4 is 4.90 Å². The Labute approximate surface area is 177 Å². The molecule has 0 unspecified atom stereocenters. The van der Waals surface area contributed by atoms with Gasteiger partial charge in [-0.2, -0.15) is 0 Å². The predicted octanol–water partition coefficient (Wildman–Crippen LogP) is 4.51. The minimum atomic E-state index is -0.835. The van der Waals surface area contributed by atoms with Crippen LogP contribution in [0.25, 0.3) is 11.0 Å². The molecule has 6 nitrogen and oxygen atoms in total. The summed E-state index contributed by atoms with van der Waals surface area (Å²) in [7, 11) is 0. The van der Waals surface area contributed by atoms with Crippen molar-refractivity contribution in [2.75, 3.05) is 18.1 Å². The highest BCUT2D eigenvalue weighted by atomic mass is 16.5. The van der Waals surface area contributed by atoms with E-state index in [1.807, 2.05) is 24.3 Å². The summed E-state index contributed by atoms with van der Waals surface area (Å²) in [4.78, 5) is 33.4. The quantitative estimate of drug-likeness (QED) is 0.400. The van der Waals surface area contributed by atoms with E-state index in [-0.39, 0.29) is 24.5 Å². The van der Waals surface area contributed by atoms with Crippen molar-refractivity contribution in [3.05, 3.63) is 36.4 Å². The zero-order chi connectivity index (χ0) is 21.3. The molecular formula is C24H31N3O3. The molecule has 0 saturated heterocycles. The molecule has 1 aliphatic heterocycles. The smallest absolute Gasteiger partial charge is 0.320 e. The number of ether oxygens (including phenoxy) is 1. The first-order valence-electron chi connectivity index (χ1n) is 11.1. The van der Waals surface area contributed by atoms with Crippen molar-refractivity contribution in [2.24, 2.45) is 17.8 Å². The molecule has 0 saturated carbocycles. The summed E-state index contributed by atoms with van der Waals surface area (Å²) in [5.74, 6) is -0.119. The number of anilines is 1. The van der Waals surface area contributed by atoms with E-state index in [0.717, 1.165) is 36.7 Å².